The van der Waals surface area contributed by atoms with Crippen molar-refractivity contribution in [1.82, 2.24) is 0 Å². The maximum absolute atomic E-state index is 12.8. The molecule has 2 saturated heterocycles. The molecule has 2 heterocycles. The van der Waals surface area contributed by atoms with Crippen LogP contribution >= 0.6 is 0 Å². The predicted molar refractivity (Wildman–Crippen MR) is 107 cm³/mol. The summed E-state index contributed by atoms with van der Waals surface area (Å²) in [6.45, 7) is 3.22. The van der Waals surface area contributed by atoms with Gasteiger partial charge in [0.1, 0.15) is 11.8 Å². The van der Waals surface area contributed by atoms with Crippen LogP contribution in [0.4, 0.5) is 17.1 Å². The van der Waals surface area contributed by atoms with E-state index in [1.807, 2.05) is 24.3 Å². The minimum Gasteiger partial charge on any atom is -0.497 e. The second-order valence-electron chi connectivity index (χ2n) is 6.82. The Morgan fingerprint density at radius 2 is 1.79 bits per heavy atom. The van der Waals surface area contributed by atoms with Crippen molar-refractivity contribution in [2.45, 2.75) is 12.5 Å². The molecule has 0 unspecified atom stereocenters. The second-order valence-corrected chi connectivity index (χ2v) is 6.82. The maximum atomic E-state index is 12.8. The number of carbonyl (C=O) groups is 2. The molecular weight excluding hydrogens is 358 g/mol. The summed E-state index contributed by atoms with van der Waals surface area (Å²) in [4.78, 5) is 28.8. The number of nitrogens with zero attached hydrogens (tertiary/aromatic N) is 2. The molecule has 7 heteroatoms. The van der Waals surface area contributed by atoms with Crippen LogP contribution in [-0.2, 0) is 14.3 Å². The maximum Gasteiger partial charge on any atom is 0.256 e. The molecule has 4 rings (SSSR count). The fourth-order valence-electron chi connectivity index (χ4n) is 3.56. The third-order valence-corrected chi connectivity index (χ3v) is 5.04. The van der Waals surface area contributed by atoms with Crippen LogP contribution < -0.4 is 19.9 Å². The molecule has 1 atom stereocenters. The number of hydrogen-bond acceptors (Lipinski definition) is 6. The molecule has 2 aromatic rings. The molecule has 146 valence electrons. The fourth-order valence-corrected chi connectivity index (χ4v) is 3.56. The Hall–Kier alpha value is -3.06. The van der Waals surface area contributed by atoms with Gasteiger partial charge in [0, 0.05) is 30.5 Å². The summed E-state index contributed by atoms with van der Waals surface area (Å²) in [5.74, 6) is 0.129. The summed E-state index contributed by atoms with van der Waals surface area (Å²) in [6, 6.07) is 14.3. The first-order valence-corrected chi connectivity index (χ1v) is 9.36. The fraction of sp³-hybridized carbons (Fsp3) is 0.333. The first-order valence-electron chi connectivity index (χ1n) is 9.36. The summed E-state index contributed by atoms with van der Waals surface area (Å²) in [5.41, 5.74) is 2.47. The van der Waals surface area contributed by atoms with Crippen molar-refractivity contribution in [3.05, 3.63) is 48.5 Å². The first kappa shape index (κ1) is 18.3. The smallest absolute Gasteiger partial charge is 0.256 e. The van der Waals surface area contributed by atoms with Crippen LogP contribution in [0.2, 0.25) is 0 Å². The number of hydrogen-bond donors (Lipinski definition) is 1. The number of nitrogens with one attached hydrogen (secondary N) is 1. The van der Waals surface area contributed by atoms with Crippen LogP contribution in [0.3, 0.4) is 0 Å². The lowest BCUT2D eigenvalue weighted by Crippen LogP contribution is -2.36. The van der Waals surface area contributed by atoms with Crippen LogP contribution in [0.25, 0.3) is 0 Å². The van der Waals surface area contributed by atoms with E-state index in [0.717, 1.165) is 37.7 Å². The summed E-state index contributed by atoms with van der Waals surface area (Å²) < 4.78 is 10.6. The molecule has 0 saturated carbocycles. The topological polar surface area (TPSA) is 71.1 Å². The van der Waals surface area contributed by atoms with E-state index < -0.39 is 6.04 Å². The summed E-state index contributed by atoms with van der Waals surface area (Å²) >= 11 is 0. The van der Waals surface area contributed by atoms with Crippen molar-refractivity contribution in [3.8, 4) is 5.75 Å². The van der Waals surface area contributed by atoms with E-state index in [0.29, 0.717) is 11.4 Å². The molecule has 2 aromatic carbocycles. The van der Waals surface area contributed by atoms with Gasteiger partial charge < -0.3 is 19.7 Å². The minimum absolute atomic E-state index is 0.126. The zero-order valence-electron chi connectivity index (χ0n) is 15.8. The minimum atomic E-state index is -0.576. The lowest BCUT2D eigenvalue weighted by molar-refractivity contribution is -0.121. The number of amides is 2. The number of carbonyl (C=O) groups excluding carboxylic acids is 2. The largest absolute Gasteiger partial charge is 0.497 e. The van der Waals surface area contributed by atoms with Gasteiger partial charge in [-0.25, -0.2) is 4.90 Å². The lowest BCUT2D eigenvalue weighted by atomic mass is 10.2. The van der Waals surface area contributed by atoms with Crippen LogP contribution in [0, 0.1) is 0 Å². The van der Waals surface area contributed by atoms with Gasteiger partial charge in [-0.1, -0.05) is 6.07 Å². The number of morpholine rings is 1. The van der Waals surface area contributed by atoms with E-state index in [1.165, 1.54) is 4.90 Å². The third-order valence-electron chi connectivity index (χ3n) is 5.04. The molecule has 0 aliphatic carbocycles. The quantitative estimate of drug-likeness (QED) is 0.802. The molecule has 2 fully saturated rings. The second kappa shape index (κ2) is 7.90. The molecular formula is C21H23N3O4. The molecule has 7 nitrogen and oxygen atoms in total. The van der Waals surface area contributed by atoms with Gasteiger partial charge in [0.2, 0.25) is 5.91 Å². The van der Waals surface area contributed by atoms with Gasteiger partial charge in [-0.3, -0.25) is 9.59 Å². The van der Waals surface area contributed by atoms with Crippen molar-refractivity contribution >= 4 is 28.9 Å². The van der Waals surface area contributed by atoms with E-state index in [-0.39, 0.29) is 18.2 Å². The Balaban J connectivity index is 1.45. The molecule has 2 aliphatic rings. The van der Waals surface area contributed by atoms with Crippen LogP contribution in [0.15, 0.2) is 48.5 Å². The Bertz CT molecular complexity index is 862. The molecule has 28 heavy (non-hydrogen) atoms. The highest BCUT2D eigenvalue weighted by Gasteiger charge is 2.39. The molecule has 2 amide bonds. The number of methoxy groups -OCH3 is 1. The van der Waals surface area contributed by atoms with Crippen molar-refractivity contribution in [1.29, 1.82) is 0 Å². The van der Waals surface area contributed by atoms with Crippen molar-refractivity contribution in [3.63, 3.8) is 0 Å². The number of rotatable bonds is 5. The Morgan fingerprint density at radius 1 is 1.04 bits per heavy atom. The van der Waals surface area contributed by atoms with E-state index in [2.05, 4.69) is 10.2 Å². The van der Waals surface area contributed by atoms with Gasteiger partial charge in [0.15, 0.2) is 0 Å². The van der Waals surface area contributed by atoms with Crippen molar-refractivity contribution < 1.29 is 19.1 Å². The van der Waals surface area contributed by atoms with Crippen LogP contribution in [0.5, 0.6) is 5.75 Å². The summed E-state index contributed by atoms with van der Waals surface area (Å²) in [5, 5.41) is 3.19. The van der Waals surface area contributed by atoms with Gasteiger partial charge in [0.05, 0.1) is 32.4 Å². The standard InChI is InChI=1S/C21H23N3O4/c1-27-18-4-2-3-17(13-18)24-20(25)14-19(21(24)26)22-15-5-7-16(8-6-15)23-9-11-28-12-10-23/h2-8,13,19,22H,9-12,14H2,1H3/t19-/m1/s1. The zero-order chi connectivity index (χ0) is 19.5. The van der Waals surface area contributed by atoms with E-state index in [1.54, 1.807) is 31.4 Å². The molecule has 2 aliphatic heterocycles. The third kappa shape index (κ3) is 3.66. The molecule has 0 radical (unpaired) electrons. The monoisotopic (exact) mass is 381 g/mol. The molecule has 0 spiro atoms. The average molecular weight is 381 g/mol. The molecule has 0 aromatic heterocycles. The summed E-state index contributed by atoms with van der Waals surface area (Å²) in [6.07, 6.45) is 0.126. The summed E-state index contributed by atoms with van der Waals surface area (Å²) in [7, 11) is 1.55. The van der Waals surface area contributed by atoms with Gasteiger partial charge in [-0.05, 0) is 36.4 Å². The average Bonchev–Trinajstić information content (AvgIpc) is 3.02. The Labute approximate surface area is 163 Å². The molecule has 1 N–H and O–H groups in total. The predicted octanol–water partition coefficient (Wildman–Crippen LogP) is 2.28. The van der Waals surface area contributed by atoms with Gasteiger partial charge >= 0.3 is 0 Å². The van der Waals surface area contributed by atoms with Crippen LogP contribution in [0.1, 0.15) is 6.42 Å². The highest BCUT2D eigenvalue weighted by Crippen LogP contribution is 2.28. The van der Waals surface area contributed by atoms with Crippen molar-refractivity contribution in [2.75, 3.05) is 48.5 Å². The van der Waals surface area contributed by atoms with E-state index in [4.69, 9.17) is 9.47 Å². The van der Waals surface area contributed by atoms with Crippen LogP contribution in [-0.4, -0.2) is 51.3 Å². The van der Waals surface area contributed by atoms with Crippen molar-refractivity contribution in [2.24, 2.45) is 0 Å². The Kier molecular flexibility index (Phi) is 5.16. The molecule has 0 bridgehead atoms. The highest BCUT2D eigenvalue weighted by molar-refractivity contribution is 6.23. The van der Waals surface area contributed by atoms with E-state index in [9.17, 15) is 9.59 Å². The lowest BCUT2D eigenvalue weighted by Gasteiger charge is -2.29. The first-order chi connectivity index (χ1) is 13.7. The number of imide groups is 1. The zero-order valence-corrected chi connectivity index (χ0v) is 15.8. The number of ether oxygens (including phenoxy) is 2. The normalized spacial score (nSPS) is 19.8. The Morgan fingerprint density at radius 3 is 2.50 bits per heavy atom. The number of benzene rings is 2. The highest BCUT2D eigenvalue weighted by atomic mass is 16.5. The van der Waals surface area contributed by atoms with E-state index >= 15 is 0 Å². The van der Waals surface area contributed by atoms with Gasteiger partial charge in [-0.2, -0.15) is 0 Å². The SMILES string of the molecule is COc1cccc(N2C(=O)C[C@@H](Nc3ccc(N4CCOCC4)cc3)C2=O)c1. The van der Waals surface area contributed by atoms with Gasteiger partial charge in [0.25, 0.3) is 5.91 Å². The number of anilines is 3. The van der Waals surface area contributed by atoms with Gasteiger partial charge in [-0.15, -0.1) is 0 Å².